The zero-order chi connectivity index (χ0) is 42.0. The van der Waals surface area contributed by atoms with E-state index in [0.717, 1.165) is 19.2 Å². The molecular weight excluding hydrogens is 768 g/mol. The number of benzene rings is 1. The first-order chi connectivity index (χ1) is 26.2. The third-order valence-corrected chi connectivity index (χ3v) is 9.83. The second-order valence-electron chi connectivity index (χ2n) is 14.0. The van der Waals surface area contributed by atoms with E-state index < -0.39 is 118 Å². The highest BCUT2D eigenvalue weighted by Gasteiger charge is 2.63. The third-order valence-electron chi connectivity index (χ3n) is 8.54. The highest BCUT2D eigenvalue weighted by Crippen LogP contribution is 2.52. The second-order valence-corrected chi connectivity index (χ2v) is 15.7. The van der Waals surface area contributed by atoms with Gasteiger partial charge in [0.1, 0.15) is 24.4 Å². The van der Waals surface area contributed by atoms with E-state index in [0.29, 0.717) is 14.7 Å². The van der Waals surface area contributed by atoms with Crippen LogP contribution in [-0.4, -0.2) is 99.8 Å². The van der Waals surface area contributed by atoms with E-state index in [-0.39, 0.29) is 12.3 Å². The molecule has 1 aromatic heterocycles. The lowest BCUT2D eigenvalue weighted by atomic mass is 9.88. The van der Waals surface area contributed by atoms with E-state index in [1.807, 2.05) is 0 Å². The lowest BCUT2D eigenvalue weighted by molar-refractivity contribution is -0.161. The molecule has 2 heterocycles. The molecule has 1 fully saturated rings. The molecule has 19 nitrogen and oxygen atoms in total. The van der Waals surface area contributed by atoms with Gasteiger partial charge in [-0.2, -0.15) is 0 Å². The standard InChI is InChI=1S/C35H49FN3O16P/c1-21(2)27(37-15-25(40)24-11-9-8-10-12-24)30(44)49-18-39-26(41)13-14-38(33(39)46)32-34(7,47)31(45)35(16-36,55-32)17-52-56(48,53-19-50-28(42)22(3)4)54-20-51-29(43)23(5)6/h8-14,21-23,27,31-32,37,45,47H,15-20H2,1-7H3/t27?,31-,32+,34+,35+/m0/s1. The van der Waals surface area contributed by atoms with Crippen LogP contribution in [0.1, 0.15) is 65.1 Å². The fourth-order valence-corrected chi connectivity index (χ4v) is 6.13. The van der Waals surface area contributed by atoms with Gasteiger partial charge in [-0.15, -0.1) is 0 Å². The van der Waals surface area contributed by atoms with E-state index in [9.17, 15) is 47.9 Å². The van der Waals surface area contributed by atoms with E-state index in [4.69, 9.17) is 32.5 Å². The molecule has 1 aromatic carbocycles. The van der Waals surface area contributed by atoms with Crippen molar-refractivity contribution in [2.45, 2.75) is 84.8 Å². The number of esters is 3. The number of Topliss-reactive ketones (excluding diaryl/α,β-unsaturated/α-hetero) is 1. The number of rotatable bonds is 21. The summed E-state index contributed by atoms with van der Waals surface area (Å²) in [7, 11) is -4.93. The second kappa shape index (κ2) is 19.8. The molecule has 0 aliphatic carbocycles. The zero-order valence-electron chi connectivity index (χ0n) is 32.1. The molecule has 0 bridgehead atoms. The van der Waals surface area contributed by atoms with Gasteiger partial charge in [-0.1, -0.05) is 71.9 Å². The molecule has 1 unspecified atom stereocenters. The predicted octanol–water partition coefficient (Wildman–Crippen LogP) is 1.83. The van der Waals surface area contributed by atoms with E-state index in [1.165, 1.54) is 27.7 Å². The van der Waals surface area contributed by atoms with Crippen molar-refractivity contribution in [3.63, 3.8) is 0 Å². The van der Waals surface area contributed by atoms with Gasteiger partial charge >= 0.3 is 31.4 Å². The summed E-state index contributed by atoms with van der Waals surface area (Å²) in [6.45, 7) is 4.45. The average molecular weight is 818 g/mol. The monoisotopic (exact) mass is 817 g/mol. The number of hydrogen-bond donors (Lipinski definition) is 3. The maximum absolute atomic E-state index is 14.9. The summed E-state index contributed by atoms with van der Waals surface area (Å²) in [6.07, 6.45) is -3.28. The van der Waals surface area contributed by atoms with Crippen molar-refractivity contribution in [3.05, 3.63) is 69.0 Å². The van der Waals surface area contributed by atoms with Crippen LogP contribution in [0, 0.1) is 17.8 Å². The molecule has 0 saturated carbocycles. The van der Waals surface area contributed by atoms with Crippen LogP contribution in [0.4, 0.5) is 4.39 Å². The first kappa shape index (κ1) is 46.2. The number of hydrogen-bond acceptors (Lipinski definition) is 17. The third kappa shape index (κ3) is 11.5. The van der Waals surface area contributed by atoms with Crippen molar-refractivity contribution in [2.24, 2.45) is 17.8 Å². The van der Waals surface area contributed by atoms with Crippen LogP contribution in [0.15, 0.2) is 52.2 Å². The van der Waals surface area contributed by atoms with Gasteiger partial charge in [0.05, 0.1) is 25.0 Å². The molecule has 3 N–H and O–H groups in total. The Morgan fingerprint density at radius 1 is 0.911 bits per heavy atom. The largest absolute Gasteiger partial charge is 0.480 e. The van der Waals surface area contributed by atoms with Gasteiger partial charge in [0, 0.05) is 17.8 Å². The number of halogens is 1. The lowest BCUT2D eigenvalue weighted by Gasteiger charge is -2.31. The normalized spacial score (nSPS) is 21.7. The SMILES string of the molecule is CC(C)C(=O)OCOP(=O)(OCOC(=O)C(C)C)OC[C@@]1(CF)O[C@@H](n2ccc(=O)n(COC(=O)C(NCC(=O)c3ccccc3)C(C)C)c2=O)[C@](C)(O)[C@@H]1O. The maximum atomic E-state index is 14.9. The van der Waals surface area contributed by atoms with Gasteiger partial charge in [0.25, 0.3) is 5.56 Å². The number of ketones is 1. The van der Waals surface area contributed by atoms with Crippen molar-refractivity contribution >= 4 is 31.5 Å². The molecule has 5 atom stereocenters. The van der Waals surface area contributed by atoms with Crippen molar-refractivity contribution < 1.29 is 70.9 Å². The van der Waals surface area contributed by atoms with Gasteiger partial charge < -0.3 is 29.2 Å². The molecule has 312 valence electrons. The zero-order valence-corrected chi connectivity index (χ0v) is 33.0. The summed E-state index contributed by atoms with van der Waals surface area (Å²) >= 11 is 0. The quantitative estimate of drug-likeness (QED) is 0.0535. The molecule has 2 aromatic rings. The Morgan fingerprint density at radius 2 is 1.48 bits per heavy atom. The van der Waals surface area contributed by atoms with Crippen molar-refractivity contribution in [1.29, 1.82) is 0 Å². The van der Waals surface area contributed by atoms with Crippen molar-refractivity contribution in [2.75, 3.05) is 33.4 Å². The topological polar surface area (TPSA) is 246 Å². The van der Waals surface area contributed by atoms with Gasteiger partial charge in [-0.05, 0) is 12.8 Å². The minimum atomic E-state index is -4.93. The molecule has 0 spiro atoms. The van der Waals surface area contributed by atoms with Crippen LogP contribution in [0.3, 0.4) is 0 Å². The Bertz CT molecular complexity index is 1820. The summed E-state index contributed by atoms with van der Waals surface area (Å²) in [5, 5.41) is 25.4. The lowest BCUT2D eigenvalue weighted by Crippen LogP contribution is -2.53. The molecule has 1 aliphatic heterocycles. The number of aliphatic hydroxyl groups excluding tert-OH is 1. The summed E-state index contributed by atoms with van der Waals surface area (Å²) in [4.78, 5) is 75.9. The number of phosphoric ester groups is 1. The van der Waals surface area contributed by atoms with Crippen LogP contribution in [-0.2, 0) is 58.2 Å². The molecule has 56 heavy (non-hydrogen) atoms. The predicted molar refractivity (Wildman–Crippen MR) is 191 cm³/mol. The Hall–Kier alpha value is -4.14. The van der Waals surface area contributed by atoms with Crippen molar-refractivity contribution in [3.8, 4) is 0 Å². The average Bonchev–Trinajstić information content (AvgIpc) is 3.34. The summed E-state index contributed by atoms with van der Waals surface area (Å²) in [5.41, 5.74) is -6.85. The number of alkyl halides is 1. The number of ether oxygens (including phenoxy) is 4. The van der Waals surface area contributed by atoms with Gasteiger partial charge in [-0.25, -0.2) is 27.4 Å². The van der Waals surface area contributed by atoms with Crippen LogP contribution in [0.2, 0.25) is 0 Å². The summed E-state index contributed by atoms with van der Waals surface area (Å²) in [5.74, 6) is -4.33. The molecule has 1 saturated heterocycles. The highest BCUT2D eigenvalue weighted by molar-refractivity contribution is 7.48. The number of carbonyl (C=O) groups excluding carboxylic acids is 4. The van der Waals surface area contributed by atoms with E-state index in [1.54, 1.807) is 44.2 Å². The Balaban J connectivity index is 1.81. The number of phosphoric acid groups is 1. The Labute approximate surface area is 321 Å². The smallest absolute Gasteiger partial charge is 0.442 e. The maximum Gasteiger partial charge on any atom is 0.480 e. The minimum absolute atomic E-state index is 0.221. The van der Waals surface area contributed by atoms with E-state index in [2.05, 4.69) is 5.32 Å². The van der Waals surface area contributed by atoms with Gasteiger partial charge in [0.2, 0.25) is 13.6 Å². The van der Waals surface area contributed by atoms with Crippen LogP contribution in [0.25, 0.3) is 0 Å². The number of carbonyl (C=O) groups is 4. The summed E-state index contributed by atoms with van der Waals surface area (Å²) in [6, 6.07) is 8.17. The van der Waals surface area contributed by atoms with Crippen LogP contribution in [0.5, 0.6) is 0 Å². The van der Waals surface area contributed by atoms with Crippen molar-refractivity contribution in [1.82, 2.24) is 14.5 Å². The molecule has 21 heteroatoms. The van der Waals surface area contributed by atoms with Gasteiger partial charge in [-0.3, -0.25) is 38.4 Å². The minimum Gasteiger partial charge on any atom is -0.442 e. The van der Waals surface area contributed by atoms with Crippen LogP contribution >= 0.6 is 7.82 Å². The fraction of sp³-hybridized carbons (Fsp3) is 0.600. The van der Waals surface area contributed by atoms with E-state index >= 15 is 0 Å². The molecule has 1 aliphatic rings. The van der Waals surface area contributed by atoms with Gasteiger partial charge in [0.15, 0.2) is 24.3 Å². The number of nitrogens with zero attached hydrogens (tertiary/aromatic N) is 2. The first-order valence-electron chi connectivity index (χ1n) is 17.5. The van der Waals surface area contributed by atoms with Crippen LogP contribution < -0.4 is 16.6 Å². The molecule has 0 radical (unpaired) electrons. The summed E-state index contributed by atoms with van der Waals surface area (Å²) < 4.78 is 65.5. The Kier molecular flexibility index (Phi) is 16.4. The first-order valence-corrected chi connectivity index (χ1v) is 19.0. The number of aromatic nitrogens is 2. The highest BCUT2D eigenvalue weighted by atomic mass is 31.2. The fourth-order valence-electron chi connectivity index (χ4n) is 5.17. The molecule has 3 rings (SSSR count). The molecule has 0 amide bonds. The number of nitrogens with one attached hydrogen (secondary N) is 1. The number of aliphatic hydroxyl groups is 2. The molecular formula is C35H49FN3O16P. The Morgan fingerprint density at radius 3 is 2.00 bits per heavy atom.